The summed E-state index contributed by atoms with van der Waals surface area (Å²) in [5.74, 6) is -0.0141. The molecule has 0 amide bonds. The van der Waals surface area contributed by atoms with E-state index < -0.39 is 5.97 Å². The summed E-state index contributed by atoms with van der Waals surface area (Å²) < 4.78 is 1.83. The molecule has 1 heterocycles. The summed E-state index contributed by atoms with van der Waals surface area (Å²) in [4.78, 5) is 15.9. The van der Waals surface area contributed by atoms with Crippen molar-refractivity contribution in [3.63, 3.8) is 0 Å². The third kappa shape index (κ3) is 3.26. The number of carboxylic acids is 1. The molecule has 3 aromatic rings. The average Bonchev–Trinajstić information content (AvgIpc) is 2.83. The van der Waals surface area contributed by atoms with E-state index in [9.17, 15) is 9.90 Å². The Kier molecular flexibility index (Phi) is 4.15. The van der Waals surface area contributed by atoms with Gasteiger partial charge in [-0.2, -0.15) is 0 Å². The Bertz CT molecular complexity index is 851. The Morgan fingerprint density at radius 2 is 1.78 bits per heavy atom. The summed E-state index contributed by atoms with van der Waals surface area (Å²) in [7, 11) is 0. The number of aryl methyl sites for hydroxylation is 4. The van der Waals surface area contributed by atoms with E-state index in [1.807, 2.05) is 41.8 Å². The highest BCUT2D eigenvalue weighted by Gasteiger charge is 2.14. The number of nitrogens with zero attached hydrogens (tertiary/aromatic N) is 2. The Balaban J connectivity index is 1.99. The molecule has 0 aliphatic heterocycles. The summed E-state index contributed by atoms with van der Waals surface area (Å²) in [5, 5.41) is 9.23. The second-order valence-electron chi connectivity index (χ2n) is 5.92. The molecule has 4 heteroatoms. The van der Waals surface area contributed by atoms with Crippen molar-refractivity contribution in [2.75, 3.05) is 0 Å². The first-order valence-corrected chi connectivity index (χ1v) is 7.76. The molecule has 0 unspecified atom stereocenters. The average molecular weight is 308 g/mol. The Labute approximate surface area is 135 Å². The van der Waals surface area contributed by atoms with E-state index in [0.29, 0.717) is 0 Å². The molecule has 0 saturated carbocycles. The molecule has 0 fully saturated rings. The first-order valence-electron chi connectivity index (χ1n) is 7.76. The maximum atomic E-state index is 11.2. The molecule has 4 nitrogen and oxygen atoms in total. The molecule has 0 bridgehead atoms. The van der Waals surface area contributed by atoms with Crippen molar-refractivity contribution >= 4 is 17.0 Å². The molecular weight excluding hydrogens is 288 g/mol. The number of carbonyl (C=O) groups is 1. The van der Waals surface area contributed by atoms with Crippen molar-refractivity contribution in [2.24, 2.45) is 0 Å². The van der Waals surface area contributed by atoms with Crippen LogP contribution in [0.3, 0.4) is 0 Å². The van der Waals surface area contributed by atoms with Crippen LogP contribution < -0.4 is 0 Å². The van der Waals surface area contributed by atoms with Crippen molar-refractivity contribution in [1.29, 1.82) is 0 Å². The van der Waals surface area contributed by atoms with Crippen LogP contribution in [0.2, 0.25) is 0 Å². The lowest BCUT2D eigenvalue weighted by Crippen LogP contribution is -2.12. The van der Waals surface area contributed by atoms with Crippen LogP contribution in [0.5, 0.6) is 0 Å². The minimum Gasteiger partial charge on any atom is -0.480 e. The molecule has 0 radical (unpaired) electrons. The van der Waals surface area contributed by atoms with Gasteiger partial charge in [0.25, 0.3) is 0 Å². The Morgan fingerprint density at radius 1 is 1.09 bits per heavy atom. The van der Waals surface area contributed by atoms with Gasteiger partial charge in [0, 0.05) is 6.42 Å². The Hall–Kier alpha value is -2.62. The quantitative estimate of drug-likeness (QED) is 0.784. The van der Waals surface area contributed by atoms with Gasteiger partial charge in [-0.3, -0.25) is 4.79 Å². The van der Waals surface area contributed by atoms with Gasteiger partial charge in [0.1, 0.15) is 12.4 Å². The number of imidazole rings is 1. The van der Waals surface area contributed by atoms with Gasteiger partial charge in [0.05, 0.1) is 11.0 Å². The number of aliphatic carboxylic acids is 1. The zero-order valence-electron chi connectivity index (χ0n) is 13.4. The normalized spacial score (nSPS) is 11.0. The van der Waals surface area contributed by atoms with E-state index in [0.717, 1.165) is 35.3 Å². The minimum atomic E-state index is -0.844. The highest BCUT2D eigenvalue weighted by Crippen LogP contribution is 2.22. The van der Waals surface area contributed by atoms with E-state index in [4.69, 9.17) is 0 Å². The van der Waals surface area contributed by atoms with Crippen molar-refractivity contribution in [1.82, 2.24) is 9.55 Å². The van der Waals surface area contributed by atoms with E-state index in [1.54, 1.807) is 0 Å². The van der Waals surface area contributed by atoms with Crippen LogP contribution in [-0.4, -0.2) is 20.6 Å². The van der Waals surface area contributed by atoms with Gasteiger partial charge < -0.3 is 9.67 Å². The molecule has 0 aliphatic rings. The fourth-order valence-electron chi connectivity index (χ4n) is 2.83. The molecular formula is C19H20N2O2. The first kappa shape index (κ1) is 15.3. The molecule has 0 atom stereocenters. The van der Waals surface area contributed by atoms with Crippen LogP contribution in [0.25, 0.3) is 11.0 Å². The molecule has 1 N–H and O–H groups in total. The molecule has 0 saturated heterocycles. The topological polar surface area (TPSA) is 55.1 Å². The second kappa shape index (κ2) is 6.24. The van der Waals surface area contributed by atoms with Crippen molar-refractivity contribution in [3.8, 4) is 0 Å². The van der Waals surface area contributed by atoms with Crippen LogP contribution in [0.4, 0.5) is 0 Å². The highest BCUT2D eigenvalue weighted by molar-refractivity contribution is 5.80. The van der Waals surface area contributed by atoms with Gasteiger partial charge in [-0.1, -0.05) is 30.3 Å². The van der Waals surface area contributed by atoms with E-state index >= 15 is 0 Å². The largest absolute Gasteiger partial charge is 0.480 e. The van der Waals surface area contributed by atoms with Crippen molar-refractivity contribution in [2.45, 2.75) is 33.2 Å². The predicted octanol–water partition coefficient (Wildman–Crippen LogP) is 3.52. The standard InChI is InChI=1S/C19H20N2O2/c1-13-10-16-17(11-14(13)2)21(12-19(22)23)18(20-16)9-8-15-6-4-3-5-7-15/h3-7,10-11H,8-9,12H2,1-2H3,(H,22,23). The maximum Gasteiger partial charge on any atom is 0.323 e. The van der Waals surface area contributed by atoms with Crippen LogP contribution in [0.1, 0.15) is 22.5 Å². The summed E-state index contributed by atoms with van der Waals surface area (Å²) in [6.07, 6.45) is 1.58. The fourth-order valence-corrected chi connectivity index (χ4v) is 2.83. The van der Waals surface area contributed by atoms with Crippen LogP contribution >= 0.6 is 0 Å². The number of benzene rings is 2. The van der Waals surface area contributed by atoms with Gasteiger partial charge in [-0.25, -0.2) is 4.98 Å². The van der Waals surface area contributed by atoms with E-state index in [2.05, 4.69) is 24.0 Å². The van der Waals surface area contributed by atoms with E-state index in [-0.39, 0.29) is 6.54 Å². The molecule has 0 aliphatic carbocycles. The number of carboxylic acid groups (broad SMARTS) is 1. The lowest BCUT2D eigenvalue weighted by atomic mass is 10.1. The molecule has 0 spiro atoms. The summed E-state index contributed by atoms with van der Waals surface area (Å²) in [6, 6.07) is 14.3. The zero-order valence-corrected chi connectivity index (χ0v) is 13.4. The van der Waals surface area contributed by atoms with Crippen molar-refractivity contribution in [3.05, 3.63) is 65.0 Å². The minimum absolute atomic E-state index is 0.0525. The van der Waals surface area contributed by atoms with Gasteiger partial charge in [0.15, 0.2) is 0 Å². The lowest BCUT2D eigenvalue weighted by molar-refractivity contribution is -0.137. The highest BCUT2D eigenvalue weighted by atomic mass is 16.4. The van der Waals surface area contributed by atoms with Crippen LogP contribution in [-0.2, 0) is 24.2 Å². The third-order valence-electron chi connectivity index (χ3n) is 4.22. The van der Waals surface area contributed by atoms with Gasteiger partial charge in [-0.15, -0.1) is 0 Å². The third-order valence-corrected chi connectivity index (χ3v) is 4.22. The number of rotatable bonds is 5. The molecule has 23 heavy (non-hydrogen) atoms. The van der Waals surface area contributed by atoms with Gasteiger partial charge in [0.2, 0.25) is 0 Å². The van der Waals surface area contributed by atoms with Crippen molar-refractivity contribution < 1.29 is 9.90 Å². The van der Waals surface area contributed by atoms with Gasteiger partial charge in [-0.05, 0) is 49.1 Å². The SMILES string of the molecule is Cc1cc2nc(CCc3ccccc3)n(CC(=O)O)c2cc1C. The van der Waals surface area contributed by atoms with E-state index in [1.165, 1.54) is 11.1 Å². The molecule has 1 aromatic heterocycles. The smallest absolute Gasteiger partial charge is 0.323 e. The molecule has 118 valence electrons. The number of fused-ring (bicyclic) bond motifs is 1. The van der Waals surface area contributed by atoms with Crippen LogP contribution in [0.15, 0.2) is 42.5 Å². The monoisotopic (exact) mass is 308 g/mol. The van der Waals surface area contributed by atoms with Gasteiger partial charge >= 0.3 is 5.97 Å². The predicted molar refractivity (Wildman–Crippen MR) is 90.7 cm³/mol. The lowest BCUT2D eigenvalue weighted by Gasteiger charge is -2.07. The Morgan fingerprint density at radius 3 is 2.48 bits per heavy atom. The summed E-state index contributed by atoms with van der Waals surface area (Å²) in [6.45, 7) is 4.04. The fraction of sp³-hybridized carbons (Fsp3) is 0.263. The summed E-state index contributed by atoms with van der Waals surface area (Å²) >= 11 is 0. The summed E-state index contributed by atoms with van der Waals surface area (Å²) in [5.41, 5.74) is 5.33. The first-order chi connectivity index (χ1) is 11.0. The molecule has 3 rings (SSSR count). The van der Waals surface area contributed by atoms with Crippen LogP contribution in [0, 0.1) is 13.8 Å². The number of hydrogen-bond acceptors (Lipinski definition) is 2. The zero-order chi connectivity index (χ0) is 16.4. The maximum absolute atomic E-state index is 11.2. The number of aromatic nitrogens is 2. The molecule has 2 aromatic carbocycles. The second-order valence-corrected chi connectivity index (χ2v) is 5.92. The number of hydrogen-bond donors (Lipinski definition) is 1.